The Balaban J connectivity index is 1.71. The van der Waals surface area contributed by atoms with E-state index in [1.165, 1.54) is 0 Å². The summed E-state index contributed by atoms with van der Waals surface area (Å²) in [6, 6.07) is 3.80. The summed E-state index contributed by atoms with van der Waals surface area (Å²) >= 11 is 1.72. The Bertz CT molecular complexity index is 564. The van der Waals surface area contributed by atoms with Crippen molar-refractivity contribution >= 4 is 17.6 Å². The number of thioether (sulfide) groups is 1. The third-order valence-corrected chi connectivity index (χ3v) is 4.60. The van der Waals surface area contributed by atoms with Gasteiger partial charge >= 0.3 is 0 Å². The molecule has 0 atom stereocenters. The Morgan fingerprint density at radius 3 is 2.95 bits per heavy atom. The molecule has 0 aromatic carbocycles. The Morgan fingerprint density at radius 2 is 2.25 bits per heavy atom. The van der Waals surface area contributed by atoms with Crippen molar-refractivity contribution < 1.29 is 8.78 Å². The summed E-state index contributed by atoms with van der Waals surface area (Å²) in [4.78, 5) is 4.33. The molecule has 1 aromatic heterocycles. The van der Waals surface area contributed by atoms with E-state index in [1.54, 1.807) is 17.8 Å². The number of hydrogen-bond donors (Lipinski definition) is 1. The highest BCUT2D eigenvalue weighted by molar-refractivity contribution is 7.98. The summed E-state index contributed by atoms with van der Waals surface area (Å²) in [6.07, 6.45) is 1.75. The first-order valence-corrected chi connectivity index (χ1v) is 7.85. The quantitative estimate of drug-likeness (QED) is 0.902. The molecule has 0 radical (unpaired) electrons. The molecule has 20 heavy (non-hydrogen) atoms. The van der Waals surface area contributed by atoms with Gasteiger partial charge in [-0.2, -0.15) is 17.0 Å². The van der Waals surface area contributed by atoms with Gasteiger partial charge in [0.2, 0.25) is 0 Å². The molecule has 1 aliphatic carbocycles. The van der Waals surface area contributed by atoms with E-state index in [1.807, 2.05) is 6.07 Å². The first kappa shape index (κ1) is 13.6. The van der Waals surface area contributed by atoms with E-state index >= 15 is 0 Å². The predicted octanol–water partition coefficient (Wildman–Crippen LogP) is 3.55. The third kappa shape index (κ3) is 3.04. The molecule has 2 heterocycles. The van der Waals surface area contributed by atoms with Gasteiger partial charge in [0, 0.05) is 17.9 Å². The van der Waals surface area contributed by atoms with Crippen LogP contribution in [-0.4, -0.2) is 17.5 Å². The van der Waals surface area contributed by atoms with E-state index in [4.69, 9.17) is 5.26 Å². The number of alkyl halides is 2. The van der Waals surface area contributed by atoms with Crippen LogP contribution < -0.4 is 5.32 Å². The number of nitrogens with zero attached hydrogens (tertiary/aromatic N) is 2. The molecule has 1 aromatic rings. The van der Waals surface area contributed by atoms with E-state index in [-0.39, 0.29) is 12.3 Å². The Morgan fingerprint density at radius 1 is 1.45 bits per heavy atom. The fourth-order valence-electron chi connectivity index (χ4n) is 2.35. The molecule has 0 unspecified atom stereocenters. The molecule has 1 saturated carbocycles. The van der Waals surface area contributed by atoms with Gasteiger partial charge < -0.3 is 5.32 Å². The second-order valence-corrected chi connectivity index (χ2v) is 6.44. The Hall–Kier alpha value is -1.35. The standard InChI is InChI=1S/C14H15F2N3S/c15-14(16,4-9-1-2-9)8-18-13-10(5-17)3-11-6-20-7-12(11)19-13/h3,9H,1-2,4,6-8H2,(H,18,19). The van der Waals surface area contributed by atoms with E-state index in [2.05, 4.69) is 10.3 Å². The molecular formula is C14H15F2N3S. The van der Waals surface area contributed by atoms with Crippen LogP contribution in [0.2, 0.25) is 0 Å². The van der Waals surface area contributed by atoms with Crippen molar-refractivity contribution in [2.45, 2.75) is 36.7 Å². The highest BCUT2D eigenvalue weighted by Crippen LogP contribution is 2.39. The summed E-state index contributed by atoms with van der Waals surface area (Å²) in [5, 5.41) is 11.8. The summed E-state index contributed by atoms with van der Waals surface area (Å²) < 4.78 is 27.5. The zero-order valence-electron chi connectivity index (χ0n) is 11.0. The van der Waals surface area contributed by atoms with E-state index in [0.29, 0.717) is 11.4 Å². The lowest BCUT2D eigenvalue weighted by Gasteiger charge is -2.18. The third-order valence-electron chi connectivity index (χ3n) is 3.61. The van der Waals surface area contributed by atoms with Gasteiger partial charge in [-0.05, 0) is 30.4 Å². The van der Waals surface area contributed by atoms with Crippen molar-refractivity contribution in [3.63, 3.8) is 0 Å². The predicted molar refractivity (Wildman–Crippen MR) is 74.7 cm³/mol. The average molecular weight is 295 g/mol. The molecule has 3 nitrogen and oxygen atoms in total. The molecule has 1 aliphatic heterocycles. The van der Waals surface area contributed by atoms with Crippen LogP contribution in [0, 0.1) is 17.2 Å². The highest BCUT2D eigenvalue weighted by atomic mass is 32.2. The van der Waals surface area contributed by atoms with Crippen molar-refractivity contribution in [1.29, 1.82) is 5.26 Å². The van der Waals surface area contributed by atoms with Crippen LogP contribution in [0.15, 0.2) is 6.07 Å². The second kappa shape index (κ2) is 5.21. The fourth-order valence-corrected chi connectivity index (χ4v) is 3.37. The second-order valence-electron chi connectivity index (χ2n) is 5.45. The number of fused-ring (bicyclic) bond motifs is 1. The van der Waals surface area contributed by atoms with Crippen LogP contribution in [0.1, 0.15) is 36.1 Å². The molecule has 106 valence electrons. The van der Waals surface area contributed by atoms with Gasteiger partial charge in [-0.3, -0.25) is 0 Å². The number of pyridine rings is 1. The maximum absolute atomic E-state index is 13.7. The van der Waals surface area contributed by atoms with Gasteiger partial charge in [-0.15, -0.1) is 0 Å². The monoisotopic (exact) mass is 295 g/mol. The molecule has 0 bridgehead atoms. The smallest absolute Gasteiger partial charge is 0.265 e. The molecule has 0 amide bonds. The van der Waals surface area contributed by atoms with Crippen LogP contribution in [-0.2, 0) is 11.5 Å². The molecular weight excluding hydrogens is 280 g/mol. The Labute approximate surface area is 120 Å². The molecule has 0 spiro atoms. The zero-order valence-corrected chi connectivity index (χ0v) is 11.8. The SMILES string of the molecule is N#Cc1cc2c(nc1NCC(F)(F)CC1CC1)CSC2. The molecule has 1 fully saturated rings. The van der Waals surface area contributed by atoms with Crippen molar-refractivity contribution in [2.24, 2.45) is 5.92 Å². The van der Waals surface area contributed by atoms with Gasteiger partial charge in [0.25, 0.3) is 5.92 Å². The lowest BCUT2D eigenvalue weighted by atomic mass is 10.1. The molecule has 2 aliphatic rings. The zero-order chi connectivity index (χ0) is 14.2. The number of nitriles is 1. The first-order chi connectivity index (χ1) is 9.57. The van der Waals surface area contributed by atoms with Crippen LogP contribution in [0.4, 0.5) is 14.6 Å². The summed E-state index contributed by atoms with van der Waals surface area (Å²) in [6.45, 7) is -0.447. The van der Waals surface area contributed by atoms with Gasteiger partial charge in [0.1, 0.15) is 11.9 Å². The summed E-state index contributed by atoms with van der Waals surface area (Å²) in [7, 11) is 0. The van der Waals surface area contributed by atoms with Crippen LogP contribution >= 0.6 is 11.8 Å². The lowest BCUT2D eigenvalue weighted by molar-refractivity contribution is 0.000916. The van der Waals surface area contributed by atoms with Crippen molar-refractivity contribution in [3.8, 4) is 6.07 Å². The van der Waals surface area contributed by atoms with Gasteiger partial charge in [0.05, 0.1) is 17.8 Å². The molecule has 0 saturated heterocycles. The van der Waals surface area contributed by atoms with E-state index in [9.17, 15) is 8.78 Å². The number of rotatable bonds is 5. The molecule has 3 rings (SSSR count). The van der Waals surface area contributed by atoms with Gasteiger partial charge in [0.15, 0.2) is 0 Å². The lowest BCUT2D eigenvalue weighted by Crippen LogP contribution is -2.28. The maximum Gasteiger partial charge on any atom is 0.265 e. The van der Waals surface area contributed by atoms with E-state index in [0.717, 1.165) is 35.6 Å². The maximum atomic E-state index is 13.7. The van der Waals surface area contributed by atoms with Crippen molar-refractivity contribution in [1.82, 2.24) is 4.98 Å². The number of hydrogen-bond acceptors (Lipinski definition) is 4. The number of halogens is 2. The minimum atomic E-state index is -2.73. The molecule has 6 heteroatoms. The largest absolute Gasteiger partial charge is 0.363 e. The topological polar surface area (TPSA) is 48.7 Å². The van der Waals surface area contributed by atoms with Crippen molar-refractivity contribution in [2.75, 3.05) is 11.9 Å². The highest BCUT2D eigenvalue weighted by Gasteiger charge is 2.37. The minimum absolute atomic E-state index is 0.0668. The number of anilines is 1. The van der Waals surface area contributed by atoms with E-state index < -0.39 is 12.5 Å². The normalized spacial score (nSPS) is 17.6. The van der Waals surface area contributed by atoms with Crippen LogP contribution in [0.25, 0.3) is 0 Å². The van der Waals surface area contributed by atoms with Crippen LogP contribution in [0.3, 0.4) is 0 Å². The van der Waals surface area contributed by atoms with Crippen LogP contribution in [0.5, 0.6) is 0 Å². The number of aromatic nitrogens is 1. The van der Waals surface area contributed by atoms with Gasteiger partial charge in [-0.25, -0.2) is 13.8 Å². The van der Waals surface area contributed by atoms with Crippen molar-refractivity contribution in [3.05, 3.63) is 22.9 Å². The summed E-state index contributed by atoms with van der Waals surface area (Å²) in [5.74, 6) is -0.636. The van der Waals surface area contributed by atoms with Gasteiger partial charge in [-0.1, -0.05) is 0 Å². The Kier molecular flexibility index (Phi) is 3.55. The fraction of sp³-hybridized carbons (Fsp3) is 0.571. The average Bonchev–Trinajstić information content (AvgIpc) is 3.09. The number of nitrogens with one attached hydrogen (secondary N) is 1. The summed E-state index contributed by atoms with van der Waals surface area (Å²) in [5.41, 5.74) is 2.30. The minimum Gasteiger partial charge on any atom is -0.363 e. The first-order valence-electron chi connectivity index (χ1n) is 6.70. The molecule has 1 N–H and O–H groups in total.